The largest absolute Gasteiger partial charge is 0.307 e. The molecular formula is C32H30N2. The van der Waals surface area contributed by atoms with E-state index < -0.39 is 0 Å². The van der Waals surface area contributed by atoms with Gasteiger partial charge in [0.2, 0.25) is 0 Å². The van der Waals surface area contributed by atoms with Crippen LogP contribution in [0.3, 0.4) is 0 Å². The van der Waals surface area contributed by atoms with Gasteiger partial charge in [-0.25, -0.2) is 4.99 Å². The molecule has 0 aromatic heterocycles. The standard InChI is InChI=1S/C32H30N2/c1-18-19-6-10-25(18)29-12-8-21-17-24(34-31(21)29)15-20-7-11-28(27-5-3-2-4-26(20)27)30-13-9-22-16-23(14-19)33-32(22)30/h2-7,10-11,15,17-18,22-23,32-33H,8-9,12-14,16H2,1H3/b20-15+,30-28+/t18-,22?,23?,32?/m0/s1. The topological polar surface area (TPSA) is 24.4 Å². The lowest BCUT2D eigenvalue weighted by atomic mass is 9.87. The Kier molecular flexibility index (Phi) is 4.00. The number of benzene rings is 2. The van der Waals surface area contributed by atoms with E-state index in [0.717, 1.165) is 24.5 Å². The molecule has 0 amide bonds. The maximum absolute atomic E-state index is 5.18. The van der Waals surface area contributed by atoms with Gasteiger partial charge in [-0.1, -0.05) is 61.0 Å². The molecule has 4 aliphatic heterocycles. The number of hydrogen-bond acceptors (Lipinski definition) is 2. The van der Waals surface area contributed by atoms with E-state index in [1.807, 2.05) is 0 Å². The van der Waals surface area contributed by atoms with E-state index in [2.05, 4.69) is 72.9 Å². The molecular weight excluding hydrogens is 412 g/mol. The van der Waals surface area contributed by atoms with Gasteiger partial charge in [0.25, 0.3) is 0 Å². The number of rotatable bonds is 0. The molecule has 1 saturated heterocycles. The Hall–Kier alpha value is -2.97. The van der Waals surface area contributed by atoms with Crippen molar-refractivity contribution in [2.75, 3.05) is 0 Å². The average molecular weight is 443 g/mol. The van der Waals surface area contributed by atoms with E-state index in [9.17, 15) is 0 Å². The van der Waals surface area contributed by atoms with Gasteiger partial charge in [0.05, 0.1) is 11.4 Å². The van der Waals surface area contributed by atoms with E-state index in [0.29, 0.717) is 18.0 Å². The normalized spacial score (nSPS) is 33.6. The van der Waals surface area contributed by atoms with Crippen molar-refractivity contribution in [2.24, 2.45) is 16.8 Å². The molecule has 34 heavy (non-hydrogen) atoms. The molecule has 4 atom stereocenters. The summed E-state index contributed by atoms with van der Waals surface area (Å²) >= 11 is 0. The number of fused-ring (bicyclic) bond motifs is 1. The van der Waals surface area contributed by atoms with Gasteiger partial charge in [-0.05, 0) is 100 Å². The minimum atomic E-state index is 0.511. The molecule has 0 spiro atoms. The molecule has 2 heteroatoms. The van der Waals surface area contributed by atoms with Gasteiger partial charge in [0, 0.05) is 18.0 Å². The predicted molar refractivity (Wildman–Crippen MR) is 141 cm³/mol. The Morgan fingerprint density at radius 1 is 0.941 bits per heavy atom. The van der Waals surface area contributed by atoms with Crippen molar-refractivity contribution in [3.8, 4) is 0 Å². The van der Waals surface area contributed by atoms with Crippen molar-refractivity contribution in [3.63, 3.8) is 0 Å². The fourth-order valence-corrected chi connectivity index (χ4v) is 7.70. The van der Waals surface area contributed by atoms with Gasteiger partial charge in [-0.15, -0.1) is 0 Å². The van der Waals surface area contributed by atoms with Crippen LogP contribution in [0.5, 0.6) is 0 Å². The van der Waals surface area contributed by atoms with Crippen LogP contribution in [0, 0.1) is 11.8 Å². The van der Waals surface area contributed by atoms with Crippen molar-refractivity contribution in [1.29, 1.82) is 0 Å². The van der Waals surface area contributed by atoms with Gasteiger partial charge in [-0.3, -0.25) is 0 Å². The highest BCUT2D eigenvalue weighted by atomic mass is 15.0. The quantitative estimate of drug-likeness (QED) is 0.592. The summed E-state index contributed by atoms with van der Waals surface area (Å²) in [7, 11) is 0. The maximum atomic E-state index is 5.18. The van der Waals surface area contributed by atoms with Crippen LogP contribution >= 0.6 is 0 Å². The Bertz CT molecular complexity index is 1560. The summed E-state index contributed by atoms with van der Waals surface area (Å²) in [5.74, 6) is 1.29. The molecule has 168 valence electrons. The van der Waals surface area contributed by atoms with Crippen molar-refractivity contribution >= 4 is 28.1 Å². The predicted octanol–water partition coefficient (Wildman–Crippen LogP) is 5.25. The van der Waals surface area contributed by atoms with Crippen LogP contribution in [-0.2, 0) is 0 Å². The first kappa shape index (κ1) is 19.3. The number of nitrogens with zero attached hydrogens (tertiary/aromatic N) is 1. The Morgan fingerprint density at radius 3 is 2.79 bits per heavy atom. The zero-order valence-electron chi connectivity index (χ0n) is 19.8. The van der Waals surface area contributed by atoms with E-state index in [1.54, 1.807) is 11.1 Å². The van der Waals surface area contributed by atoms with Gasteiger partial charge >= 0.3 is 0 Å². The molecule has 2 nitrogen and oxygen atoms in total. The second-order valence-corrected chi connectivity index (χ2v) is 11.1. The van der Waals surface area contributed by atoms with Crippen LogP contribution in [0.2, 0.25) is 0 Å². The fraction of sp³-hybridized carbons (Fsp3) is 0.344. The first-order valence-electron chi connectivity index (χ1n) is 13.2. The summed E-state index contributed by atoms with van der Waals surface area (Å²) < 4.78 is 0. The van der Waals surface area contributed by atoms with E-state index in [4.69, 9.17) is 4.99 Å². The summed E-state index contributed by atoms with van der Waals surface area (Å²) in [5, 5.41) is 9.60. The van der Waals surface area contributed by atoms with Crippen molar-refractivity contribution < 1.29 is 0 Å². The molecule has 2 aromatic rings. The number of nitrogens with one attached hydrogen (secondary N) is 1. The first-order chi connectivity index (χ1) is 16.7. The van der Waals surface area contributed by atoms with Gasteiger partial charge in [0.15, 0.2) is 0 Å². The third-order valence-electron chi connectivity index (χ3n) is 9.37. The molecule has 0 radical (unpaired) electrons. The third kappa shape index (κ3) is 2.69. The molecule has 3 unspecified atom stereocenters. The van der Waals surface area contributed by atoms with Gasteiger partial charge in [-0.2, -0.15) is 0 Å². The summed E-state index contributed by atoms with van der Waals surface area (Å²) in [6.45, 7) is 2.42. The monoisotopic (exact) mass is 442 g/mol. The lowest BCUT2D eigenvalue weighted by Gasteiger charge is -2.21. The Balaban J connectivity index is 1.39. The molecule has 1 saturated carbocycles. The average Bonchev–Trinajstić information content (AvgIpc) is 3.63. The van der Waals surface area contributed by atoms with Crippen molar-refractivity contribution in [3.05, 3.63) is 93.1 Å². The molecule has 7 aliphatic rings. The molecule has 9 rings (SSSR count). The van der Waals surface area contributed by atoms with Crippen LogP contribution < -0.4 is 15.8 Å². The fourth-order valence-electron chi connectivity index (χ4n) is 7.70. The van der Waals surface area contributed by atoms with E-state index in [1.165, 1.54) is 69.3 Å². The van der Waals surface area contributed by atoms with Crippen molar-refractivity contribution in [1.82, 2.24) is 5.32 Å². The number of allylic oxidation sites excluding steroid dienone is 6. The molecule has 2 fully saturated rings. The van der Waals surface area contributed by atoms with Crippen molar-refractivity contribution in [2.45, 2.75) is 57.5 Å². The molecule has 3 aliphatic carbocycles. The summed E-state index contributed by atoms with van der Waals surface area (Å²) in [6, 6.07) is 14.9. The van der Waals surface area contributed by atoms with Crippen LogP contribution in [0.15, 0.2) is 87.6 Å². The second kappa shape index (κ2) is 7.02. The molecule has 1 N–H and O–H groups in total. The zero-order chi connectivity index (χ0) is 22.4. The zero-order valence-corrected chi connectivity index (χ0v) is 19.8. The lowest BCUT2D eigenvalue weighted by Crippen LogP contribution is -2.33. The molecule has 4 heterocycles. The SMILES string of the molecule is C[C@H]1C2=CC=C1C1=C3N=C(C=C3CC1)/C=c1\cc/c(c3ccccc13)=C1/CCC3CC(C2)NC13. The minimum absolute atomic E-state index is 0.511. The summed E-state index contributed by atoms with van der Waals surface area (Å²) in [6.07, 6.45) is 16.8. The maximum Gasteiger partial charge on any atom is 0.0704 e. The lowest BCUT2D eigenvalue weighted by molar-refractivity contribution is 0.526. The summed E-state index contributed by atoms with van der Waals surface area (Å²) in [4.78, 5) is 5.18. The van der Waals surface area contributed by atoms with Crippen LogP contribution in [0.25, 0.3) is 22.4 Å². The van der Waals surface area contributed by atoms with Gasteiger partial charge < -0.3 is 5.32 Å². The number of hydrogen-bond donors (Lipinski definition) is 1. The van der Waals surface area contributed by atoms with Crippen LogP contribution in [-0.4, -0.2) is 17.8 Å². The number of aliphatic imine (C=N–C) groups is 1. The highest BCUT2D eigenvalue weighted by Crippen LogP contribution is 2.46. The van der Waals surface area contributed by atoms with Crippen LogP contribution in [0.4, 0.5) is 0 Å². The highest BCUT2D eigenvalue weighted by molar-refractivity contribution is 6.21. The molecule has 8 bridgehead atoms. The Labute approximate surface area is 200 Å². The van der Waals surface area contributed by atoms with E-state index in [-0.39, 0.29) is 0 Å². The third-order valence-corrected chi connectivity index (χ3v) is 9.37. The smallest absolute Gasteiger partial charge is 0.0704 e. The minimum Gasteiger partial charge on any atom is -0.307 e. The van der Waals surface area contributed by atoms with E-state index >= 15 is 0 Å². The molecule has 2 aromatic carbocycles. The highest BCUT2D eigenvalue weighted by Gasteiger charge is 2.41. The first-order valence-corrected chi connectivity index (χ1v) is 13.2. The Morgan fingerprint density at radius 2 is 1.85 bits per heavy atom. The summed E-state index contributed by atoms with van der Waals surface area (Å²) in [5.41, 5.74) is 10.0. The second-order valence-electron chi connectivity index (χ2n) is 11.1. The van der Waals surface area contributed by atoms with Crippen LogP contribution in [0.1, 0.15) is 45.4 Å². The van der Waals surface area contributed by atoms with Gasteiger partial charge in [0.1, 0.15) is 0 Å².